The van der Waals surface area contributed by atoms with Gasteiger partial charge in [-0.25, -0.2) is 35.1 Å². The van der Waals surface area contributed by atoms with Gasteiger partial charge in [-0.3, -0.25) is 0 Å². The Morgan fingerprint density at radius 2 is 1.26 bits per heavy atom. The second kappa shape index (κ2) is 12.8. The van der Waals surface area contributed by atoms with Gasteiger partial charge in [-0.1, -0.05) is 31.6 Å². The van der Waals surface area contributed by atoms with Gasteiger partial charge in [-0.05, 0) is 72.5 Å². The Kier molecular flexibility index (Phi) is 9.38. The van der Waals surface area contributed by atoms with Crippen LogP contribution >= 0.6 is 0 Å². The predicted molar refractivity (Wildman–Crippen MR) is 138 cm³/mol. The van der Waals surface area contributed by atoms with Gasteiger partial charge < -0.3 is 4.74 Å². The second-order valence-electron chi connectivity index (χ2n) is 9.47. The molecule has 0 heterocycles. The fourth-order valence-electron chi connectivity index (χ4n) is 4.25. The van der Waals surface area contributed by atoms with E-state index in [2.05, 4.69) is 16.6 Å². The molecule has 0 aliphatic heterocycles. The van der Waals surface area contributed by atoms with Gasteiger partial charge in [-0.2, -0.15) is 8.78 Å². The van der Waals surface area contributed by atoms with Gasteiger partial charge in [0.2, 0.25) is 0 Å². The summed E-state index contributed by atoms with van der Waals surface area (Å²) in [5, 5.41) is 0. The zero-order chi connectivity index (χ0) is 31.5. The van der Waals surface area contributed by atoms with E-state index in [4.69, 9.17) is 0 Å². The van der Waals surface area contributed by atoms with Crippen LogP contribution in [0.25, 0.3) is 11.1 Å². The fraction of sp³-hybridized carbons (Fsp3) is 0.188. The van der Waals surface area contributed by atoms with Crippen LogP contribution in [0, 0.1) is 58.4 Å². The Morgan fingerprint density at radius 1 is 0.651 bits per heavy atom. The van der Waals surface area contributed by atoms with Crippen LogP contribution in [0.4, 0.5) is 43.9 Å². The van der Waals surface area contributed by atoms with E-state index in [1.165, 1.54) is 0 Å². The number of ether oxygens (including phenoxy) is 1. The van der Waals surface area contributed by atoms with Gasteiger partial charge in [0, 0.05) is 11.6 Å². The molecule has 0 aliphatic rings. The minimum absolute atomic E-state index is 0.326. The summed E-state index contributed by atoms with van der Waals surface area (Å²) in [4.78, 5) is 0. The number of halogens is 10. The van der Waals surface area contributed by atoms with Crippen molar-refractivity contribution in [2.24, 2.45) is 0 Å². The van der Waals surface area contributed by atoms with Crippen LogP contribution in [0.2, 0.25) is 0 Å². The zero-order valence-corrected chi connectivity index (χ0v) is 22.2. The monoisotopic (exact) mass is 610 g/mol. The number of hydrogen-bond donors (Lipinski definition) is 0. The van der Waals surface area contributed by atoms with Crippen LogP contribution in [0.3, 0.4) is 0 Å². The Labute approximate surface area is 239 Å². The van der Waals surface area contributed by atoms with Crippen molar-refractivity contribution < 1.29 is 48.6 Å². The van der Waals surface area contributed by atoms with E-state index in [1.54, 1.807) is 0 Å². The minimum Gasteiger partial charge on any atom is -0.429 e. The number of unbranched alkanes of at least 4 members (excludes halogenated alkanes) is 2. The summed E-state index contributed by atoms with van der Waals surface area (Å²) < 4.78 is 147. The van der Waals surface area contributed by atoms with Gasteiger partial charge >= 0.3 is 6.11 Å². The van der Waals surface area contributed by atoms with Crippen LogP contribution < -0.4 is 4.74 Å². The molecule has 0 saturated heterocycles. The van der Waals surface area contributed by atoms with Gasteiger partial charge in [0.05, 0.1) is 11.1 Å². The molecule has 0 atom stereocenters. The first-order chi connectivity index (χ1) is 20.3. The molecular formula is C32H20F10O. The van der Waals surface area contributed by atoms with Crippen molar-refractivity contribution in [3.63, 3.8) is 0 Å². The lowest BCUT2D eigenvalue weighted by atomic mass is 9.98. The Hall–Kier alpha value is -4.46. The SMILES string of the molecule is CCCCCc1cc(F)c(-c2cc(F)c(C(F)(F)Oc3ccc(C#Cc4cc(F)c(F)c(F)c4)c(F)c3)c(F)c2)c(F)c1. The molecule has 4 rings (SSSR count). The van der Waals surface area contributed by atoms with E-state index < -0.39 is 80.6 Å². The second-order valence-corrected chi connectivity index (χ2v) is 9.47. The van der Waals surface area contributed by atoms with Crippen molar-refractivity contribution in [1.29, 1.82) is 0 Å². The lowest BCUT2D eigenvalue weighted by molar-refractivity contribution is -0.189. The van der Waals surface area contributed by atoms with Crippen LogP contribution in [0.1, 0.15) is 48.4 Å². The van der Waals surface area contributed by atoms with E-state index in [9.17, 15) is 43.9 Å². The molecule has 1 nitrogen and oxygen atoms in total. The molecule has 0 aromatic heterocycles. The predicted octanol–water partition coefficient (Wildman–Crippen LogP) is 9.73. The summed E-state index contributed by atoms with van der Waals surface area (Å²) in [6.45, 7) is 1.95. The molecule has 0 unspecified atom stereocenters. The highest BCUT2D eigenvalue weighted by molar-refractivity contribution is 5.66. The summed E-state index contributed by atoms with van der Waals surface area (Å²) in [5.74, 6) is -8.58. The molecule has 0 aliphatic carbocycles. The number of rotatable bonds is 8. The van der Waals surface area contributed by atoms with E-state index in [0.29, 0.717) is 48.7 Å². The third-order valence-electron chi connectivity index (χ3n) is 6.30. The number of hydrogen-bond acceptors (Lipinski definition) is 1. The van der Waals surface area contributed by atoms with Crippen LogP contribution in [0.5, 0.6) is 5.75 Å². The molecule has 4 aromatic rings. The summed E-state index contributed by atoms with van der Waals surface area (Å²) in [5.41, 5.74) is -3.83. The van der Waals surface area contributed by atoms with Crippen LogP contribution in [-0.2, 0) is 12.5 Å². The average molecular weight is 610 g/mol. The molecule has 0 radical (unpaired) electrons. The van der Waals surface area contributed by atoms with Gasteiger partial charge in [0.25, 0.3) is 0 Å². The van der Waals surface area contributed by atoms with E-state index in [1.807, 2.05) is 6.92 Å². The van der Waals surface area contributed by atoms with Crippen molar-refractivity contribution >= 4 is 0 Å². The molecule has 11 heteroatoms. The summed E-state index contributed by atoms with van der Waals surface area (Å²) in [6, 6.07) is 5.83. The highest BCUT2D eigenvalue weighted by Crippen LogP contribution is 2.38. The Bertz CT molecular complexity index is 1670. The van der Waals surface area contributed by atoms with E-state index in [-0.39, 0.29) is 5.56 Å². The highest BCUT2D eigenvalue weighted by Gasteiger charge is 2.41. The first kappa shape index (κ1) is 31.5. The summed E-state index contributed by atoms with van der Waals surface area (Å²) in [6.07, 6.45) is -1.97. The average Bonchev–Trinajstić information content (AvgIpc) is 2.90. The molecule has 0 saturated carbocycles. The third kappa shape index (κ3) is 7.13. The maximum absolute atomic E-state index is 14.9. The zero-order valence-electron chi connectivity index (χ0n) is 22.2. The Balaban J connectivity index is 1.57. The molecule has 0 amide bonds. The van der Waals surface area contributed by atoms with Gasteiger partial charge in [0.1, 0.15) is 40.4 Å². The molecule has 0 bridgehead atoms. The maximum atomic E-state index is 14.9. The van der Waals surface area contributed by atoms with E-state index >= 15 is 0 Å². The normalized spacial score (nSPS) is 11.3. The number of aryl methyl sites for hydroxylation is 1. The molecular weight excluding hydrogens is 590 g/mol. The largest absolute Gasteiger partial charge is 0.432 e. The summed E-state index contributed by atoms with van der Waals surface area (Å²) >= 11 is 0. The molecule has 224 valence electrons. The number of benzene rings is 4. The molecule has 43 heavy (non-hydrogen) atoms. The lowest BCUT2D eigenvalue weighted by Crippen LogP contribution is -2.25. The third-order valence-corrected chi connectivity index (χ3v) is 6.30. The van der Waals surface area contributed by atoms with Gasteiger partial charge in [-0.15, -0.1) is 0 Å². The molecule has 0 spiro atoms. The standard InChI is InChI=1S/C32H20F10O/c1-2-3-4-5-17-10-23(34)29(24(35)11-17)20-14-25(36)30(26(37)15-20)32(41,42)43-21-9-8-19(22(33)16-21)7-6-18-12-27(38)31(40)28(39)13-18/h8-16H,2-5H2,1H3. The molecule has 0 fully saturated rings. The molecule has 4 aromatic carbocycles. The molecule has 0 N–H and O–H groups in total. The minimum atomic E-state index is -4.71. The lowest BCUT2D eigenvalue weighted by Gasteiger charge is -2.20. The quantitative estimate of drug-likeness (QED) is 0.0836. The first-order valence-corrected chi connectivity index (χ1v) is 12.8. The van der Waals surface area contributed by atoms with Crippen LogP contribution in [-0.4, -0.2) is 0 Å². The van der Waals surface area contributed by atoms with Crippen molar-refractivity contribution in [1.82, 2.24) is 0 Å². The van der Waals surface area contributed by atoms with Crippen molar-refractivity contribution in [3.8, 4) is 28.7 Å². The van der Waals surface area contributed by atoms with Crippen molar-refractivity contribution in [2.75, 3.05) is 0 Å². The number of alkyl halides is 2. The van der Waals surface area contributed by atoms with E-state index in [0.717, 1.165) is 37.1 Å². The van der Waals surface area contributed by atoms with Gasteiger partial charge in [0.15, 0.2) is 17.5 Å². The maximum Gasteiger partial charge on any atom is 0.432 e. The van der Waals surface area contributed by atoms with Crippen molar-refractivity contribution in [3.05, 3.63) is 123 Å². The van der Waals surface area contributed by atoms with Crippen LogP contribution in [0.15, 0.2) is 54.6 Å². The van der Waals surface area contributed by atoms with Crippen molar-refractivity contribution in [2.45, 2.75) is 38.7 Å². The summed E-state index contributed by atoms with van der Waals surface area (Å²) in [7, 11) is 0. The Morgan fingerprint density at radius 3 is 1.81 bits per heavy atom. The first-order valence-electron chi connectivity index (χ1n) is 12.8. The highest BCUT2D eigenvalue weighted by atomic mass is 19.3. The topological polar surface area (TPSA) is 9.23 Å². The smallest absolute Gasteiger partial charge is 0.429 e. The fourth-order valence-corrected chi connectivity index (χ4v) is 4.25.